The molecule has 9 nitrogen and oxygen atoms in total. The minimum Gasteiger partial charge on any atom is -0.548 e. The van der Waals surface area contributed by atoms with Gasteiger partial charge < -0.3 is 29.0 Å². The van der Waals surface area contributed by atoms with Crippen LogP contribution in [0, 0.1) is 0 Å². The number of methoxy groups -OCH3 is 2. The van der Waals surface area contributed by atoms with Crippen LogP contribution in [0.4, 0.5) is 0 Å². The van der Waals surface area contributed by atoms with Gasteiger partial charge in [0.05, 0.1) is 38.9 Å². The summed E-state index contributed by atoms with van der Waals surface area (Å²) in [5, 5.41) is 15.1. The third kappa shape index (κ3) is 8.02. The summed E-state index contributed by atoms with van der Waals surface area (Å²) in [7, 11) is 3.02. The van der Waals surface area contributed by atoms with Crippen molar-refractivity contribution in [3.05, 3.63) is 59.2 Å². The van der Waals surface area contributed by atoms with Crippen molar-refractivity contribution in [1.29, 1.82) is 0 Å². The molecule has 194 valence electrons. The van der Waals surface area contributed by atoms with Gasteiger partial charge in [0.2, 0.25) is 5.91 Å². The van der Waals surface area contributed by atoms with Crippen molar-refractivity contribution in [3.8, 4) is 11.5 Å². The van der Waals surface area contributed by atoms with Crippen LogP contribution >= 0.6 is 0 Å². The zero-order valence-electron chi connectivity index (χ0n) is 22.1. The summed E-state index contributed by atoms with van der Waals surface area (Å²) < 4.78 is 15.9. The number of ether oxygens (including phenoxy) is 3. The van der Waals surface area contributed by atoms with E-state index in [-0.39, 0.29) is 71.0 Å². The summed E-state index contributed by atoms with van der Waals surface area (Å²) in [6.45, 7) is 3.62. The summed E-state index contributed by atoms with van der Waals surface area (Å²) in [6, 6.07) is 10.5. The number of hydrogen-bond acceptors (Lipinski definition) is 8. The topological polar surface area (TPSA) is 117 Å². The molecule has 0 aromatic heterocycles. The fourth-order valence-corrected chi connectivity index (χ4v) is 4.44. The molecular weight excluding hydrogens is 503 g/mol. The molecule has 1 amide bonds. The largest absolute Gasteiger partial charge is 1.00 e. The van der Waals surface area contributed by atoms with E-state index in [0.717, 1.165) is 16.7 Å². The molecular formula is C27H33KN2O7. The predicted molar refractivity (Wildman–Crippen MR) is 130 cm³/mol. The van der Waals surface area contributed by atoms with E-state index in [0.29, 0.717) is 24.3 Å². The number of carboxylic acid groups (broad SMARTS) is 1. The molecule has 0 spiro atoms. The Morgan fingerprint density at radius 2 is 1.70 bits per heavy atom. The van der Waals surface area contributed by atoms with Gasteiger partial charge >= 0.3 is 57.4 Å². The molecule has 3 rings (SSSR count). The molecule has 10 heteroatoms. The summed E-state index contributed by atoms with van der Waals surface area (Å²) in [6.07, 6.45) is 1.11. The van der Waals surface area contributed by atoms with Gasteiger partial charge in [-0.2, -0.15) is 0 Å². The van der Waals surface area contributed by atoms with Crippen molar-refractivity contribution in [2.24, 2.45) is 0 Å². The van der Waals surface area contributed by atoms with Crippen molar-refractivity contribution in [2.45, 2.75) is 57.8 Å². The Kier molecular flexibility index (Phi) is 12.5. The Morgan fingerprint density at radius 1 is 1.08 bits per heavy atom. The van der Waals surface area contributed by atoms with Crippen LogP contribution in [0.2, 0.25) is 0 Å². The molecule has 2 aromatic carbocycles. The van der Waals surface area contributed by atoms with E-state index in [1.807, 2.05) is 30.3 Å². The number of carbonyl (C=O) groups excluding carboxylic acids is 3. The first-order valence-corrected chi connectivity index (χ1v) is 12.0. The summed E-state index contributed by atoms with van der Waals surface area (Å²) >= 11 is 0. The first-order valence-electron chi connectivity index (χ1n) is 12.0. The Morgan fingerprint density at radius 3 is 2.27 bits per heavy atom. The molecule has 0 saturated heterocycles. The molecule has 0 bridgehead atoms. The first kappa shape index (κ1) is 31.3. The molecule has 2 aromatic rings. The second-order valence-corrected chi connectivity index (χ2v) is 8.70. The number of hydrogen-bond donors (Lipinski definition) is 1. The van der Waals surface area contributed by atoms with E-state index >= 15 is 0 Å². The third-order valence-corrected chi connectivity index (χ3v) is 6.35. The zero-order chi connectivity index (χ0) is 26.2. The molecule has 1 aliphatic heterocycles. The number of carboxylic acids is 1. The van der Waals surface area contributed by atoms with Crippen molar-refractivity contribution >= 4 is 17.8 Å². The number of carbonyl (C=O) groups is 3. The van der Waals surface area contributed by atoms with Gasteiger partial charge in [0.1, 0.15) is 6.04 Å². The summed E-state index contributed by atoms with van der Waals surface area (Å²) in [4.78, 5) is 39.4. The molecule has 0 fully saturated rings. The molecule has 1 heterocycles. The molecule has 0 saturated carbocycles. The van der Waals surface area contributed by atoms with E-state index < -0.39 is 36.0 Å². The number of nitrogens with one attached hydrogen (secondary N) is 1. The van der Waals surface area contributed by atoms with Crippen LogP contribution in [0.5, 0.6) is 11.5 Å². The van der Waals surface area contributed by atoms with E-state index in [4.69, 9.17) is 14.2 Å². The molecule has 37 heavy (non-hydrogen) atoms. The molecule has 3 atom stereocenters. The van der Waals surface area contributed by atoms with Gasteiger partial charge in [-0.3, -0.25) is 14.9 Å². The van der Waals surface area contributed by atoms with Crippen LogP contribution in [0.15, 0.2) is 42.5 Å². The number of rotatable bonds is 11. The number of aliphatic carboxylic acids is 1. The van der Waals surface area contributed by atoms with Gasteiger partial charge in [0, 0.05) is 6.54 Å². The number of amides is 1. The number of aryl methyl sites for hydroxylation is 1. The molecule has 0 radical (unpaired) electrons. The standard InChI is InChI=1S/C27H34N2O7.K/c1-5-36-27(33)21(12-11-18-9-7-6-8-10-18)28-17(2)25(30)29-16-20-15-24(35-4)23(34-3)14-19(20)13-22(29)26(31)32;/h6-10,14-15,17,21-22,28H,5,11-13,16H2,1-4H3,(H,31,32);/q;+1/p-1/t17-,21-,22-;/m0./s1. The van der Waals surface area contributed by atoms with Gasteiger partial charge in [-0.25, -0.2) is 0 Å². The smallest absolute Gasteiger partial charge is 0.548 e. The van der Waals surface area contributed by atoms with Crippen molar-refractivity contribution in [1.82, 2.24) is 10.2 Å². The number of esters is 1. The Labute approximate surface area is 260 Å². The van der Waals surface area contributed by atoms with Crippen LogP contribution in [0.1, 0.15) is 37.0 Å². The maximum Gasteiger partial charge on any atom is 1.00 e. The van der Waals surface area contributed by atoms with E-state index in [1.54, 1.807) is 26.0 Å². The summed E-state index contributed by atoms with van der Waals surface area (Å²) in [5.74, 6) is -1.27. The van der Waals surface area contributed by atoms with E-state index in [2.05, 4.69) is 5.32 Å². The Bertz CT molecular complexity index is 1080. The van der Waals surface area contributed by atoms with Crippen LogP contribution in [-0.4, -0.2) is 61.7 Å². The van der Waals surface area contributed by atoms with Gasteiger partial charge in [-0.05, 0) is 61.9 Å². The van der Waals surface area contributed by atoms with Crippen molar-refractivity contribution in [2.75, 3.05) is 20.8 Å². The number of nitrogens with zero attached hydrogens (tertiary/aromatic N) is 1. The maximum absolute atomic E-state index is 13.5. The predicted octanol–water partition coefficient (Wildman–Crippen LogP) is -1.75. The minimum atomic E-state index is -1.35. The molecule has 1 N–H and O–H groups in total. The van der Waals surface area contributed by atoms with Gasteiger partial charge in [0.25, 0.3) is 0 Å². The molecule has 0 aliphatic carbocycles. The molecule has 0 unspecified atom stereocenters. The second-order valence-electron chi connectivity index (χ2n) is 8.70. The monoisotopic (exact) mass is 536 g/mol. The van der Waals surface area contributed by atoms with Crippen molar-refractivity contribution in [3.63, 3.8) is 0 Å². The van der Waals surface area contributed by atoms with Crippen LogP contribution in [-0.2, 0) is 38.5 Å². The van der Waals surface area contributed by atoms with Gasteiger partial charge in [0.15, 0.2) is 11.5 Å². The quantitative estimate of drug-likeness (QED) is 0.266. The number of benzene rings is 2. The van der Waals surface area contributed by atoms with Crippen LogP contribution < -0.4 is 71.3 Å². The van der Waals surface area contributed by atoms with Gasteiger partial charge in [-0.15, -0.1) is 0 Å². The van der Waals surface area contributed by atoms with Gasteiger partial charge in [-0.1, -0.05) is 30.3 Å². The minimum absolute atomic E-state index is 0. The molecule has 1 aliphatic rings. The van der Waals surface area contributed by atoms with Crippen LogP contribution in [0.3, 0.4) is 0 Å². The fourth-order valence-electron chi connectivity index (χ4n) is 4.44. The third-order valence-electron chi connectivity index (χ3n) is 6.35. The SMILES string of the molecule is CCOC(=O)[C@H](CCc1ccccc1)N[C@@H](C)C(=O)N1Cc2cc(OC)c(OC)cc2C[C@H]1C(=O)[O-].[K+]. The zero-order valence-corrected chi connectivity index (χ0v) is 25.2. The fraction of sp³-hybridized carbons (Fsp3) is 0.444. The van der Waals surface area contributed by atoms with Crippen LogP contribution in [0.25, 0.3) is 0 Å². The average molecular weight is 537 g/mol. The first-order chi connectivity index (χ1) is 17.3. The summed E-state index contributed by atoms with van der Waals surface area (Å²) in [5.41, 5.74) is 2.57. The van der Waals surface area contributed by atoms with E-state index in [9.17, 15) is 19.5 Å². The normalized spacial score (nSPS) is 16.0. The number of fused-ring (bicyclic) bond motifs is 1. The van der Waals surface area contributed by atoms with Crippen molar-refractivity contribution < 1.29 is 85.1 Å². The Balaban J connectivity index is 0.00000481. The average Bonchev–Trinajstić information content (AvgIpc) is 2.89. The Hall–Kier alpha value is -1.95. The maximum atomic E-state index is 13.5. The van der Waals surface area contributed by atoms with E-state index in [1.165, 1.54) is 19.1 Å². The second kappa shape index (κ2) is 14.8.